The van der Waals surface area contributed by atoms with Gasteiger partial charge in [-0.25, -0.2) is 4.98 Å². The largest absolute Gasteiger partial charge is 0.346 e. The Balaban J connectivity index is 1.71. The number of carbonyl (C=O) groups excluding carboxylic acids is 1. The number of amides is 1. The van der Waals surface area contributed by atoms with Crippen molar-refractivity contribution >= 4 is 16.9 Å². The summed E-state index contributed by atoms with van der Waals surface area (Å²) in [5.41, 5.74) is 3.17. The molecule has 4 nitrogen and oxygen atoms in total. The first kappa shape index (κ1) is 20.1. The number of rotatable bonds is 10. The number of carbonyl (C=O) groups is 1. The second kappa shape index (κ2) is 10.1. The molecule has 0 aliphatic rings. The first-order valence-corrected chi connectivity index (χ1v) is 10.5. The van der Waals surface area contributed by atoms with Crippen molar-refractivity contribution in [1.82, 2.24) is 14.9 Å². The number of imidazole rings is 1. The lowest BCUT2D eigenvalue weighted by atomic mass is 10.1. The third kappa shape index (κ3) is 5.22. The lowest BCUT2D eigenvalue weighted by Crippen LogP contribution is -2.30. The van der Waals surface area contributed by atoms with E-state index in [0.717, 1.165) is 35.4 Å². The van der Waals surface area contributed by atoms with Crippen molar-refractivity contribution in [3.05, 3.63) is 66.0 Å². The van der Waals surface area contributed by atoms with Crippen molar-refractivity contribution < 1.29 is 4.79 Å². The van der Waals surface area contributed by atoms with Gasteiger partial charge in [0.2, 0.25) is 5.91 Å². The summed E-state index contributed by atoms with van der Waals surface area (Å²) in [4.78, 5) is 17.3. The molecule has 0 saturated heterocycles. The molecule has 1 atom stereocenters. The molecule has 3 rings (SSSR count). The molecule has 28 heavy (non-hydrogen) atoms. The first-order chi connectivity index (χ1) is 13.7. The van der Waals surface area contributed by atoms with Gasteiger partial charge in [-0.3, -0.25) is 4.79 Å². The lowest BCUT2D eigenvalue weighted by Gasteiger charge is -2.16. The number of hydrogen-bond donors (Lipinski definition) is 1. The summed E-state index contributed by atoms with van der Waals surface area (Å²) in [7, 11) is 0. The smallest absolute Gasteiger partial charge is 0.224 e. The fraction of sp³-hybridized carbons (Fsp3) is 0.417. The average molecular weight is 378 g/mol. The standard InChI is InChI=1S/C24H31N3O/c1-3-4-5-6-12-17-27-22-16-11-10-15-21(22)26-24(27)19(2)25-23(28)18-20-13-8-7-9-14-20/h7-11,13-16,19H,3-6,12,17-18H2,1-2H3,(H,25,28). The van der Waals surface area contributed by atoms with E-state index in [0.29, 0.717) is 6.42 Å². The highest BCUT2D eigenvalue weighted by Crippen LogP contribution is 2.22. The molecule has 4 heteroatoms. The number of nitrogens with one attached hydrogen (secondary N) is 1. The Kier molecular flexibility index (Phi) is 7.24. The zero-order valence-corrected chi connectivity index (χ0v) is 17.0. The molecule has 2 aromatic carbocycles. The molecule has 0 spiro atoms. The van der Waals surface area contributed by atoms with E-state index >= 15 is 0 Å². The Morgan fingerprint density at radius 3 is 2.50 bits per heavy atom. The minimum atomic E-state index is -0.126. The van der Waals surface area contributed by atoms with Crippen molar-refractivity contribution in [2.24, 2.45) is 0 Å². The van der Waals surface area contributed by atoms with E-state index in [1.165, 1.54) is 25.7 Å². The monoisotopic (exact) mass is 377 g/mol. The number of unbranched alkanes of at least 4 members (excludes halogenated alkanes) is 4. The fourth-order valence-corrected chi connectivity index (χ4v) is 3.67. The number of aryl methyl sites for hydroxylation is 1. The van der Waals surface area contributed by atoms with Crippen LogP contribution >= 0.6 is 0 Å². The number of fused-ring (bicyclic) bond motifs is 1. The summed E-state index contributed by atoms with van der Waals surface area (Å²) < 4.78 is 2.29. The van der Waals surface area contributed by atoms with E-state index < -0.39 is 0 Å². The minimum Gasteiger partial charge on any atom is -0.346 e. The predicted molar refractivity (Wildman–Crippen MR) is 115 cm³/mol. The van der Waals surface area contributed by atoms with Crippen LogP contribution in [0.4, 0.5) is 0 Å². The quantitative estimate of drug-likeness (QED) is 0.479. The highest BCUT2D eigenvalue weighted by molar-refractivity contribution is 5.79. The molecule has 0 saturated carbocycles. The summed E-state index contributed by atoms with van der Waals surface area (Å²) in [6, 6.07) is 18.0. The number of nitrogens with zero attached hydrogens (tertiary/aromatic N) is 2. The number of aromatic nitrogens is 2. The highest BCUT2D eigenvalue weighted by atomic mass is 16.1. The molecule has 1 N–H and O–H groups in total. The molecule has 0 aliphatic heterocycles. The Morgan fingerprint density at radius 1 is 1.00 bits per heavy atom. The van der Waals surface area contributed by atoms with E-state index in [1.54, 1.807) is 0 Å². The van der Waals surface area contributed by atoms with E-state index in [4.69, 9.17) is 4.98 Å². The van der Waals surface area contributed by atoms with E-state index in [1.807, 2.05) is 49.4 Å². The summed E-state index contributed by atoms with van der Waals surface area (Å²) in [5.74, 6) is 0.971. The molecule has 0 bridgehead atoms. The zero-order chi connectivity index (χ0) is 19.8. The summed E-state index contributed by atoms with van der Waals surface area (Å²) in [5, 5.41) is 3.13. The highest BCUT2D eigenvalue weighted by Gasteiger charge is 2.18. The number of para-hydroxylation sites is 2. The second-order valence-corrected chi connectivity index (χ2v) is 7.48. The normalized spacial score (nSPS) is 12.2. The van der Waals surface area contributed by atoms with Gasteiger partial charge in [0.05, 0.1) is 23.5 Å². The van der Waals surface area contributed by atoms with Crippen LogP contribution in [0.5, 0.6) is 0 Å². The van der Waals surface area contributed by atoms with Gasteiger partial charge in [0.15, 0.2) is 0 Å². The number of benzene rings is 2. The first-order valence-electron chi connectivity index (χ1n) is 10.5. The van der Waals surface area contributed by atoms with Crippen LogP contribution in [0, 0.1) is 0 Å². The minimum absolute atomic E-state index is 0.0280. The van der Waals surface area contributed by atoms with Gasteiger partial charge in [-0.15, -0.1) is 0 Å². The van der Waals surface area contributed by atoms with Crippen LogP contribution in [0.1, 0.15) is 63.4 Å². The molecule has 0 aliphatic carbocycles. The molecule has 0 fully saturated rings. The van der Waals surface area contributed by atoms with Gasteiger partial charge >= 0.3 is 0 Å². The van der Waals surface area contributed by atoms with Crippen molar-refractivity contribution in [3.63, 3.8) is 0 Å². The zero-order valence-electron chi connectivity index (χ0n) is 17.0. The van der Waals surface area contributed by atoms with Crippen LogP contribution in [-0.2, 0) is 17.8 Å². The average Bonchev–Trinajstić information content (AvgIpc) is 3.07. The molecule has 148 valence electrons. The summed E-state index contributed by atoms with van der Waals surface area (Å²) in [6.45, 7) is 5.21. The maximum absolute atomic E-state index is 12.5. The molecule has 1 amide bonds. The topological polar surface area (TPSA) is 46.9 Å². The van der Waals surface area contributed by atoms with Gasteiger partial charge in [-0.2, -0.15) is 0 Å². The van der Waals surface area contributed by atoms with E-state index in [2.05, 4.69) is 28.9 Å². The summed E-state index contributed by atoms with van der Waals surface area (Å²) in [6.07, 6.45) is 6.59. The molecule has 1 unspecified atom stereocenters. The molecule has 0 radical (unpaired) electrons. The van der Waals surface area contributed by atoms with Gasteiger partial charge in [0.1, 0.15) is 5.82 Å². The van der Waals surface area contributed by atoms with Gasteiger partial charge in [0.25, 0.3) is 0 Å². The summed E-state index contributed by atoms with van der Waals surface area (Å²) >= 11 is 0. The SMILES string of the molecule is CCCCCCCn1c(C(C)NC(=O)Cc2ccccc2)nc2ccccc21. The maximum atomic E-state index is 12.5. The lowest BCUT2D eigenvalue weighted by molar-refractivity contribution is -0.121. The van der Waals surface area contributed by atoms with Crippen LogP contribution in [0.15, 0.2) is 54.6 Å². The molecule has 1 heterocycles. The van der Waals surface area contributed by atoms with Crippen molar-refractivity contribution in [2.75, 3.05) is 0 Å². The van der Waals surface area contributed by atoms with Gasteiger partial charge < -0.3 is 9.88 Å². The Bertz CT molecular complexity index is 885. The third-order valence-electron chi connectivity index (χ3n) is 5.14. The van der Waals surface area contributed by atoms with Gasteiger partial charge in [-0.1, -0.05) is 75.1 Å². The maximum Gasteiger partial charge on any atom is 0.224 e. The van der Waals surface area contributed by atoms with Crippen LogP contribution in [-0.4, -0.2) is 15.5 Å². The van der Waals surface area contributed by atoms with Crippen molar-refractivity contribution in [2.45, 2.75) is 65.0 Å². The second-order valence-electron chi connectivity index (χ2n) is 7.48. The van der Waals surface area contributed by atoms with E-state index in [-0.39, 0.29) is 11.9 Å². The molecular formula is C24H31N3O. The third-order valence-corrected chi connectivity index (χ3v) is 5.14. The Morgan fingerprint density at radius 2 is 1.71 bits per heavy atom. The van der Waals surface area contributed by atoms with Gasteiger partial charge in [-0.05, 0) is 31.0 Å². The Labute approximate surface area is 168 Å². The van der Waals surface area contributed by atoms with Crippen molar-refractivity contribution in [3.8, 4) is 0 Å². The Hall–Kier alpha value is -2.62. The van der Waals surface area contributed by atoms with Crippen LogP contribution in [0.3, 0.4) is 0 Å². The van der Waals surface area contributed by atoms with E-state index in [9.17, 15) is 4.79 Å². The van der Waals surface area contributed by atoms with Crippen LogP contribution < -0.4 is 5.32 Å². The molecular weight excluding hydrogens is 346 g/mol. The molecule has 1 aromatic heterocycles. The predicted octanol–water partition coefficient (Wildman–Crippen LogP) is 5.43. The van der Waals surface area contributed by atoms with Crippen molar-refractivity contribution in [1.29, 1.82) is 0 Å². The van der Waals surface area contributed by atoms with Gasteiger partial charge in [0, 0.05) is 6.54 Å². The van der Waals surface area contributed by atoms with Crippen LogP contribution in [0.2, 0.25) is 0 Å². The fourth-order valence-electron chi connectivity index (χ4n) is 3.67. The molecule has 3 aromatic rings. The van der Waals surface area contributed by atoms with Crippen LogP contribution in [0.25, 0.3) is 11.0 Å². The number of hydrogen-bond acceptors (Lipinski definition) is 2.